The van der Waals surface area contributed by atoms with Crippen molar-refractivity contribution in [1.29, 1.82) is 0 Å². The predicted molar refractivity (Wildman–Crippen MR) is 120 cm³/mol. The Kier molecular flexibility index (Phi) is 5.02. The Morgan fingerprint density at radius 2 is 1.65 bits per heavy atom. The normalized spacial score (nSPS) is 19.8. The Bertz CT molecular complexity index is 1110. The highest BCUT2D eigenvalue weighted by atomic mass is 32.1. The smallest absolute Gasteiger partial charge is 0.409 e. The number of hydrogen-bond acceptors (Lipinski definition) is 4. The summed E-state index contributed by atoms with van der Waals surface area (Å²) in [6, 6.07) is 20.4. The molecule has 0 spiro atoms. The van der Waals surface area contributed by atoms with Crippen LogP contribution < -0.4 is 0 Å². The van der Waals surface area contributed by atoms with Crippen LogP contribution in [0.15, 0.2) is 60.7 Å². The van der Waals surface area contributed by atoms with Gasteiger partial charge >= 0.3 is 12.1 Å². The molecule has 0 saturated carbocycles. The fourth-order valence-electron chi connectivity index (χ4n) is 4.83. The average molecular weight is 434 g/mol. The molecule has 1 aliphatic heterocycles. The Labute approximate surface area is 184 Å². The van der Waals surface area contributed by atoms with Gasteiger partial charge in [0.1, 0.15) is 6.61 Å². The van der Waals surface area contributed by atoms with Crippen molar-refractivity contribution in [2.45, 2.75) is 18.8 Å². The van der Waals surface area contributed by atoms with Crippen molar-refractivity contribution in [3.05, 3.63) is 81.5 Å². The summed E-state index contributed by atoms with van der Waals surface area (Å²) in [7, 11) is 0. The summed E-state index contributed by atoms with van der Waals surface area (Å²) in [6.45, 7) is 2.79. The molecule has 6 heteroatoms. The van der Waals surface area contributed by atoms with E-state index >= 15 is 0 Å². The standard InChI is InChI=1S/C25H23NO4S/c1-15-10-11-23(31-15)20-12-26(13-21(20)24(27)28)25(29)30-14-22-18-8-4-2-6-16(18)17-7-3-5-9-19(17)22/h2-11,20-22H,12-14H2,1H3,(H,27,28). The maximum atomic E-state index is 12.9. The van der Waals surface area contributed by atoms with Crippen LogP contribution in [0.5, 0.6) is 0 Å². The molecule has 1 aromatic heterocycles. The number of fused-ring (bicyclic) bond motifs is 3. The number of carboxylic acids is 1. The van der Waals surface area contributed by atoms with E-state index in [1.54, 1.807) is 16.2 Å². The largest absolute Gasteiger partial charge is 0.481 e. The van der Waals surface area contributed by atoms with E-state index in [-0.39, 0.29) is 25.0 Å². The number of amides is 1. The van der Waals surface area contributed by atoms with Crippen LogP contribution in [0.1, 0.15) is 32.7 Å². The molecule has 158 valence electrons. The van der Waals surface area contributed by atoms with Gasteiger partial charge in [0.2, 0.25) is 0 Å². The molecule has 2 heterocycles. The summed E-state index contributed by atoms with van der Waals surface area (Å²) >= 11 is 1.60. The van der Waals surface area contributed by atoms with Gasteiger partial charge in [-0.1, -0.05) is 48.5 Å². The molecule has 2 aliphatic rings. The number of benzene rings is 2. The molecule has 5 rings (SSSR count). The van der Waals surface area contributed by atoms with Crippen LogP contribution >= 0.6 is 11.3 Å². The lowest BCUT2D eigenvalue weighted by Crippen LogP contribution is -2.31. The Morgan fingerprint density at radius 1 is 1.00 bits per heavy atom. The fourth-order valence-corrected chi connectivity index (χ4v) is 5.86. The fraction of sp³-hybridized carbons (Fsp3) is 0.280. The zero-order valence-electron chi connectivity index (χ0n) is 17.2. The second-order valence-corrected chi connectivity index (χ2v) is 9.53. The van der Waals surface area contributed by atoms with Crippen LogP contribution in [0, 0.1) is 12.8 Å². The van der Waals surface area contributed by atoms with Gasteiger partial charge in [0.25, 0.3) is 0 Å². The Balaban J connectivity index is 1.32. The topological polar surface area (TPSA) is 66.8 Å². The summed E-state index contributed by atoms with van der Waals surface area (Å²) in [5, 5.41) is 9.70. The van der Waals surface area contributed by atoms with Crippen LogP contribution in [0.25, 0.3) is 11.1 Å². The van der Waals surface area contributed by atoms with Gasteiger partial charge in [-0.3, -0.25) is 4.79 Å². The molecule has 2 atom stereocenters. The number of nitrogens with zero attached hydrogens (tertiary/aromatic N) is 1. The molecule has 2 aromatic carbocycles. The van der Waals surface area contributed by atoms with Gasteiger partial charge in [0, 0.05) is 34.7 Å². The van der Waals surface area contributed by atoms with Crippen molar-refractivity contribution >= 4 is 23.4 Å². The molecule has 5 nitrogen and oxygen atoms in total. The first kappa shape index (κ1) is 19.8. The van der Waals surface area contributed by atoms with Gasteiger partial charge in [-0.2, -0.15) is 0 Å². The zero-order valence-corrected chi connectivity index (χ0v) is 18.0. The highest BCUT2D eigenvalue weighted by Gasteiger charge is 2.42. The van der Waals surface area contributed by atoms with Crippen molar-refractivity contribution in [3.63, 3.8) is 0 Å². The third-order valence-electron chi connectivity index (χ3n) is 6.36. The Morgan fingerprint density at radius 3 is 2.23 bits per heavy atom. The van der Waals surface area contributed by atoms with E-state index in [1.807, 2.05) is 43.3 Å². The lowest BCUT2D eigenvalue weighted by molar-refractivity contribution is -0.141. The average Bonchev–Trinajstić information content (AvgIpc) is 3.47. The van der Waals surface area contributed by atoms with E-state index in [9.17, 15) is 14.7 Å². The molecule has 0 radical (unpaired) electrons. The minimum atomic E-state index is -0.870. The highest BCUT2D eigenvalue weighted by molar-refractivity contribution is 7.12. The molecule has 1 saturated heterocycles. The minimum Gasteiger partial charge on any atom is -0.481 e. The number of carboxylic acid groups (broad SMARTS) is 1. The number of carbonyl (C=O) groups is 2. The molecule has 31 heavy (non-hydrogen) atoms. The third kappa shape index (κ3) is 3.51. The third-order valence-corrected chi connectivity index (χ3v) is 7.49. The number of likely N-dealkylation sites (tertiary alicyclic amines) is 1. The van der Waals surface area contributed by atoms with Crippen LogP contribution in [-0.4, -0.2) is 41.8 Å². The maximum Gasteiger partial charge on any atom is 0.409 e. The molecular formula is C25H23NO4S. The number of hydrogen-bond donors (Lipinski definition) is 1. The number of aryl methyl sites for hydroxylation is 1. The monoisotopic (exact) mass is 433 g/mol. The quantitative estimate of drug-likeness (QED) is 0.621. The molecule has 2 unspecified atom stereocenters. The van der Waals surface area contributed by atoms with Crippen molar-refractivity contribution in [2.75, 3.05) is 19.7 Å². The van der Waals surface area contributed by atoms with Gasteiger partial charge in [0.15, 0.2) is 0 Å². The molecule has 0 bridgehead atoms. The molecule has 1 N–H and O–H groups in total. The zero-order chi connectivity index (χ0) is 21.5. The van der Waals surface area contributed by atoms with Gasteiger partial charge in [-0.25, -0.2) is 4.79 Å². The molecule has 3 aromatic rings. The lowest BCUT2D eigenvalue weighted by Gasteiger charge is -2.19. The van der Waals surface area contributed by atoms with Crippen molar-refractivity contribution in [2.24, 2.45) is 5.92 Å². The van der Waals surface area contributed by atoms with Crippen molar-refractivity contribution in [1.82, 2.24) is 4.90 Å². The van der Waals surface area contributed by atoms with Gasteiger partial charge in [0.05, 0.1) is 5.92 Å². The van der Waals surface area contributed by atoms with Crippen molar-refractivity contribution in [3.8, 4) is 11.1 Å². The first-order valence-electron chi connectivity index (χ1n) is 10.4. The number of aliphatic carboxylic acids is 1. The summed E-state index contributed by atoms with van der Waals surface area (Å²) in [5.41, 5.74) is 4.68. The molecule has 1 fully saturated rings. The lowest BCUT2D eigenvalue weighted by atomic mass is 9.95. The van der Waals surface area contributed by atoms with Crippen LogP contribution in [-0.2, 0) is 9.53 Å². The number of rotatable bonds is 4. The van der Waals surface area contributed by atoms with E-state index in [2.05, 4.69) is 24.3 Å². The molecule has 1 aliphatic carbocycles. The number of ether oxygens (including phenoxy) is 1. The first-order valence-corrected chi connectivity index (χ1v) is 11.2. The number of thiophene rings is 1. The molecular weight excluding hydrogens is 410 g/mol. The van der Waals surface area contributed by atoms with E-state index < -0.39 is 18.0 Å². The number of carbonyl (C=O) groups excluding carboxylic acids is 1. The van der Waals surface area contributed by atoms with E-state index in [4.69, 9.17) is 4.74 Å². The van der Waals surface area contributed by atoms with Gasteiger partial charge < -0.3 is 14.7 Å². The minimum absolute atomic E-state index is 0.00929. The van der Waals surface area contributed by atoms with Crippen LogP contribution in [0.4, 0.5) is 4.79 Å². The maximum absolute atomic E-state index is 12.9. The van der Waals surface area contributed by atoms with Crippen molar-refractivity contribution < 1.29 is 19.4 Å². The summed E-state index contributed by atoms with van der Waals surface area (Å²) in [5.74, 6) is -1.69. The van der Waals surface area contributed by atoms with E-state index in [1.165, 1.54) is 11.1 Å². The first-order chi connectivity index (χ1) is 15.0. The van der Waals surface area contributed by atoms with Crippen LogP contribution in [0.2, 0.25) is 0 Å². The van der Waals surface area contributed by atoms with E-state index in [0.29, 0.717) is 6.54 Å². The summed E-state index contributed by atoms with van der Waals surface area (Å²) in [6.07, 6.45) is -0.441. The second kappa shape index (κ2) is 7.85. The van der Waals surface area contributed by atoms with Crippen LogP contribution in [0.3, 0.4) is 0 Å². The second-order valence-electron chi connectivity index (χ2n) is 8.21. The Hall–Kier alpha value is -3.12. The SMILES string of the molecule is Cc1ccc(C2CN(C(=O)OCC3c4ccccc4-c4ccccc43)CC2C(=O)O)s1. The summed E-state index contributed by atoms with van der Waals surface area (Å²) in [4.78, 5) is 28.4. The van der Waals surface area contributed by atoms with Gasteiger partial charge in [-0.05, 0) is 41.3 Å². The predicted octanol–water partition coefficient (Wildman–Crippen LogP) is 5.11. The van der Waals surface area contributed by atoms with E-state index in [0.717, 1.165) is 20.9 Å². The van der Waals surface area contributed by atoms with Gasteiger partial charge in [-0.15, -0.1) is 11.3 Å². The summed E-state index contributed by atoms with van der Waals surface area (Å²) < 4.78 is 5.74. The highest BCUT2D eigenvalue weighted by Crippen LogP contribution is 2.44. The molecule has 1 amide bonds.